The van der Waals surface area contributed by atoms with Crippen LogP contribution in [0.5, 0.6) is 0 Å². The normalized spacial score (nSPS) is 21.9. The molecule has 0 radical (unpaired) electrons. The van der Waals surface area contributed by atoms with Crippen LogP contribution in [0.15, 0.2) is 42.5 Å². The highest BCUT2D eigenvalue weighted by Gasteiger charge is 2.33. The third kappa shape index (κ3) is 4.39. The smallest absolute Gasteiger partial charge is 0.381 e. The SMILES string of the molecule is FC(F)(F)c1ccc(Cc2cccc([C@H]3CCCN3C3CCOCC3)n2)cc1. The van der Waals surface area contributed by atoms with Gasteiger partial charge in [0.2, 0.25) is 0 Å². The van der Waals surface area contributed by atoms with Gasteiger partial charge in [-0.05, 0) is 62.1 Å². The van der Waals surface area contributed by atoms with E-state index >= 15 is 0 Å². The van der Waals surface area contributed by atoms with Crippen LogP contribution in [-0.4, -0.2) is 35.7 Å². The summed E-state index contributed by atoms with van der Waals surface area (Å²) in [6, 6.07) is 12.3. The molecule has 0 aliphatic carbocycles. The Morgan fingerprint density at radius 1 is 1.00 bits per heavy atom. The van der Waals surface area contributed by atoms with Gasteiger partial charge in [-0.1, -0.05) is 18.2 Å². The van der Waals surface area contributed by atoms with E-state index in [4.69, 9.17) is 9.72 Å². The fraction of sp³-hybridized carbons (Fsp3) is 0.500. The van der Waals surface area contributed by atoms with Crippen molar-refractivity contribution in [1.29, 1.82) is 0 Å². The quantitative estimate of drug-likeness (QED) is 0.734. The molecule has 2 saturated heterocycles. The predicted molar refractivity (Wildman–Crippen MR) is 101 cm³/mol. The van der Waals surface area contributed by atoms with E-state index in [9.17, 15) is 13.2 Å². The minimum Gasteiger partial charge on any atom is -0.381 e. The van der Waals surface area contributed by atoms with E-state index in [0.29, 0.717) is 18.5 Å². The zero-order valence-electron chi connectivity index (χ0n) is 15.8. The van der Waals surface area contributed by atoms with E-state index < -0.39 is 11.7 Å². The van der Waals surface area contributed by atoms with Gasteiger partial charge < -0.3 is 4.74 Å². The lowest BCUT2D eigenvalue weighted by Crippen LogP contribution is -2.39. The van der Waals surface area contributed by atoms with Gasteiger partial charge in [-0.25, -0.2) is 0 Å². The first-order chi connectivity index (χ1) is 13.5. The second-order valence-corrected chi connectivity index (χ2v) is 7.66. The lowest BCUT2D eigenvalue weighted by Gasteiger charge is -2.35. The standard InChI is InChI=1S/C22H25F3N2O/c23-22(24,25)17-8-6-16(7-9-17)15-18-3-1-4-20(26-18)21-5-2-12-27(21)19-10-13-28-14-11-19/h1,3-4,6-9,19,21H,2,5,10-15H2/t21-/m1/s1. The maximum absolute atomic E-state index is 12.7. The monoisotopic (exact) mass is 390 g/mol. The van der Waals surface area contributed by atoms with Crippen molar-refractivity contribution in [1.82, 2.24) is 9.88 Å². The largest absolute Gasteiger partial charge is 0.416 e. The lowest BCUT2D eigenvalue weighted by atomic mass is 10.0. The van der Waals surface area contributed by atoms with Gasteiger partial charge in [-0.15, -0.1) is 0 Å². The van der Waals surface area contributed by atoms with Gasteiger partial charge in [-0.3, -0.25) is 9.88 Å². The van der Waals surface area contributed by atoms with Crippen molar-refractivity contribution in [3.8, 4) is 0 Å². The zero-order chi connectivity index (χ0) is 19.6. The molecule has 0 bridgehead atoms. The summed E-state index contributed by atoms with van der Waals surface area (Å²) >= 11 is 0. The van der Waals surface area contributed by atoms with Crippen LogP contribution in [0.4, 0.5) is 13.2 Å². The Balaban J connectivity index is 1.48. The Hall–Kier alpha value is -1.92. The molecule has 2 aliphatic heterocycles. The van der Waals surface area contributed by atoms with E-state index in [2.05, 4.69) is 11.0 Å². The molecule has 0 spiro atoms. The van der Waals surface area contributed by atoms with Crippen molar-refractivity contribution in [2.24, 2.45) is 0 Å². The molecule has 0 unspecified atom stereocenters. The number of rotatable bonds is 4. The van der Waals surface area contributed by atoms with Crippen LogP contribution in [0, 0.1) is 0 Å². The summed E-state index contributed by atoms with van der Waals surface area (Å²) < 4.78 is 43.7. The molecule has 3 heterocycles. The molecule has 1 aromatic carbocycles. The lowest BCUT2D eigenvalue weighted by molar-refractivity contribution is -0.137. The van der Waals surface area contributed by atoms with Crippen molar-refractivity contribution in [3.63, 3.8) is 0 Å². The molecular weight excluding hydrogens is 365 g/mol. The van der Waals surface area contributed by atoms with Gasteiger partial charge in [0.05, 0.1) is 17.3 Å². The average molecular weight is 390 g/mol. The molecule has 2 fully saturated rings. The van der Waals surface area contributed by atoms with Crippen molar-refractivity contribution < 1.29 is 17.9 Å². The molecule has 2 aromatic rings. The minimum absolute atomic E-state index is 0.329. The van der Waals surface area contributed by atoms with Crippen LogP contribution in [0.25, 0.3) is 0 Å². The number of aromatic nitrogens is 1. The van der Waals surface area contributed by atoms with Crippen LogP contribution in [0.2, 0.25) is 0 Å². The van der Waals surface area contributed by atoms with Crippen molar-refractivity contribution in [3.05, 3.63) is 65.0 Å². The molecule has 0 saturated carbocycles. The molecule has 6 heteroatoms. The second-order valence-electron chi connectivity index (χ2n) is 7.66. The van der Waals surface area contributed by atoms with E-state index in [1.807, 2.05) is 12.1 Å². The van der Waals surface area contributed by atoms with Crippen molar-refractivity contribution in [2.45, 2.75) is 50.4 Å². The molecule has 1 aromatic heterocycles. The number of hydrogen-bond donors (Lipinski definition) is 0. The molecule has 1 atom stereocenters. The summed E-state index contributed by atoms with van der Waals surface area (Å²) in [7, 11) is 0. The number of halogens is 3. The third-order valence-electron chi connectivity index (χ3n) is 5.79. The second kappa shape index (κ2) is 8.21. The van der Waals surface area contributed by atoms with Crippen molar-refractivity contribution >= 4 is 0 Å². The van der Waals surface area contributed by atoms with Gasteiger partial charge >= 0.3 is 6.18 Å². The van der Waals surface area contributed by atoms with Gasteiger partial charge in [0.1, 0.15) is 0 Å². The number of pyridine rings is 1. The van der Waals surface area contributed by atoms with E-state index in [1.54, 1.807) is 12.1 Å². The topological polar surface area (TPSA) is 25.4 Å². The molecule has 3 nitrogen and oxygen atoms in total. The Morgan fingerprint density at radius 2 is 1.75 bits per heavy atom. The first-order valence-electron chi connectivity index (χ1n) is 9.96. The fourth-order valence-corrected chi connectivity index (χ4v) is 4.36. The first kappa shape index (κ1) is 19.4. The van der Waals surface area contributed by atoms with Crippen molar-refractivity contribution in [2.75, 3.05) is 19.8 Å². The van der Waals surface area contributed by atoms with Crippen LogP contribution < -0.4 is 0 Å². The van der Waals surface area contributed by atoms with Crippen LogP contribution in [-0.2, 0) is 17.3 Å². The Morgan fingerprint density at radius 3 is 2.46 bits per heavy atom. The number of ether oxygens (including phenoxy) is 1. The summed E-state index contributed by atoms with van der Waals surface area (Å²) in [6.45, 7) is 2.75. The Kier molecular flexibility index (Phi) is 5.69. The first-order valence-corrected chi connectivity index (χ1v) is 9.96. The fourth-order valence-electron chi connectivity index (χ4n) is 4.36. The van der Waals surface area contributed by atoms with Gasteiger partial charge in [-0.2, -0.15) is 13.2 Å². The average Bonchev–Trinajstić information content (AvgIpc) is 3.19. The van der Waals surface area contributed by atoms with Gasteiger partial charge in [0.25, 0.3) is 0 Å². The summed E-state index contributed by atoms with van der Waals surface area (Å²) in [5, 5.41) is 0. The highest BCUT2D eigenvalue weighted by atomic mass is 19.4. The van der Waals surface area contributed by atoms with Gasteiger partial charge in [0, 0.05) is 31.4 Å². The van der Waals surface area contributed by atoms with E-state index in [-0.39, 0.29) is 0 Å². The van der Waals surface area contributed by atoms with E-state index in [1.165, 1.54) is 6.42 Å². The summed E-state index contributed by atoms with van der Waals surface area (Å²) in [5.41, 5.74) is 2.20. The number of hydrogen-bond acceptors (Lipinski definition) is 3. The molecule has 2 aliphatic rings. The zero-order valence-corrected chi connectivity index (χ0v) is 15.8. The molecule has 0 amide bonds. The van der Waals surface area contributed by atoms with Crippen LogP contribution >= 0.6 is 0 Å². The highest BCUT2D eigenvalue weighted by Crippen LogP contribution is 2.35. The Bertz CT molecular complexity index is 785. The predicted octanol–water partition coefficient (Wildman–Crippen LogP) is 5.01. The minimum atomic E-state index is -4.30. The number of alkyl halides is 3. The van der Waals surface area contributed by atoms with Crippen LogP contribution in [0.1, 0.15) is 54.2 Å². The maximum atomic E-state index is 12.7. The number of nitrogens with zero attached hydrogens (tertiary/aromatic N) is 2. The summed E-state index contributed by atoms with van der Waals surface area (Å²) in [5.74, 6) is 0. The van der Waals surface area contributed by atoms with E-state index in [0.717, 1.165) is 68.1 Å². The third-order valence-corrected chi connectivity index (χ3v) is 5.79. The molecule has 28 heavy (non-hydrogen) atoms. The number of likely N-dealkylation sites (tertiary alicyclic amines) is 1. The summed E-state index contributed by atoms with van der Waals surface area (Å²) in [6.07, 6.45) is 0.660. The molecular formula is C22H25F3N2O. The molecule has 150 valence electrons. The molecule has 0 N–H and O–H groups in total. The summed E-state index contributed by atoms with van der Waals surface area (Å²) in [4.78, 5) is 7.45. The van der Waals surface area contributed by atoms with Crippen LogP contribution in [0.3, 0.4) is 0 Å². The number of benzene rings is 1. The molecule has 4 rings (SSSR count). The van der Waals surface area contributed by atoms with Gasteiger partial charge in [0.15, 0.2) is 0 Å². The maximum Gasteiger partial charge on any atom is 0.416 e. The highest BCUT2D eigenvalue weighted by molar-refractivity contribution is 5.28. The Labute approximate surface area is 163 Å².